The number of carbonyl (C=O) groups is 1. The second-order valence-corrected chi connectivity index (χ2v) is 4.63. The fourth-order valence-corrected chi connectivity index (χ4v) is 2.33. The number of ether oxygens (including phenoxy) is 1. The summed E-state index contributed by atoms with van der Waals surface area (Å²) in [5.41, 5.74) is 7.96. The second-order valence-electron chi connectivity index (χ2n) is 4.63. The van der Waals surface area contributed by atoms with E-state index < -0.39 is 0 Å². The average Bonchev–Trinajstić information content (AvgIpc) is 2.94. The SMILES string of the molecule is COC(=O)c1ccc(N)c(N2CCn3cnnc3C2)c1. The molecule has 1 aromatic carbocycles. The van der Waals surface area contributed by atoms with Crippen molar-refractivity contribution in [2.24, 2.45) is 0 Å². The Morgan fingerprint density at radius 1 is 1.40 bits per heavy atom. The van der Waals surface area contributed by atoms with Crippen LogP contribution >= 0.6 is 0 Å². The molecule has 0 unspecified atom stereocenters. The van der Waals surface area contributed by atoms with Crippen LogP contribution in [0.4, 0.5) is 11.4 Å². The highest BCUT2D eigenvalue weighted by Gasteiger charge is 2.20. The van der Waals surface area contributed by atoms with Crippen LogP contribution in [0.25, 0.3) is 0 Å². The molecule has 0 radical (unpaired) electrons. The third-order valence-corrected chi connectivity index (χ3v) is 3.43. The van der Waals surface area contributed by atoms with Crippen LogP contribution in [0.3, 0.4) is 0 Å². The zero-order chi connectivity index (χ0) is 14.1. The first-order valence-electron chi connectivity index (χ1n) is 6.28. The fraction of sp³-hybridized carbons (Fsp3) is 0.308. The van der Waals surface area contributed by atoms with Gasteiger partial charge in [-0.3, -0.25) is 0 Å². The molecule has 7 nitrogen and oxygen atoms in total. The summed E-state index contributed by atoms with van der Waals surface area (Å²) >= 11 is 0. The Balaban J connectivity index is 1.92. The molecule has 0 aliphatic carbocycles. The third kappa shape index (κ3) is 2.07. The van der Waals surface area contributed by atoms with Crippen molar-refractivity contribution in [3.63, 3.8) is 0 Å². The minimum Gasteiger partial charge on any atom is -0.465 e. The number of nitrogens with two attached hydrogens (primary N) is 1. The van der Waals surface area contributed by atoms with Gasteiger partial charge in [0.2, 0.25) is 0 Å². The van der Waals surface area contributed by atoms with E-state index in [0.717, 1.165) is 24.6 Å². The van der Waals surface area contributed by atoms with Gasteiger partial charge in [0.05, 0.1) is 30.6 Å². The molecule has 0 atom stereocenters. The van der Waals surface area contributed by atoms with E-state index in [2.05, 4.69) is 15.1 Å². The molecule has 0 amide bonds. The van der Waals surface area contributed by atoms with E-state index in [1.165, 1.54) is 7.11 Å². The number of nitrogens with zero attached hydrogens (tertiary/aromatic N) is 4. The molecule has 0 fully saturated rings. The van der Waals surface area contributed by atoms with Crippen LogP contribution in [0.1, 0.15) is 16.2 Å². The van der Waals surface area contributed by atoms with Crippen molar-refractivity contribution >= 4 is 17.3 Å². The highest BCUT2D eigenvalue weighted by Crippen LogP contribution is 2.27. The zero-order valence-electron chi connectivity index (χ0n) is 11.1. The lowest BCUT2D eigenvalue weighted by molar-refractivity contribution is 0.0601. The minimum atomic E-state index is -0.369. The summed E-state index contributed by atoms with van der Waals surface area (Å²) in [6.45, 7) is 2.21. The molecule has 3 rings (SSSR count). The Labute approximate surface area is 116 Å². The van der Waals surface area contributed by atoms with Crippen LogP contribution in [0.2, 0.25) is 0 Å². The van der Waals surface area contributed by atoms with Crippen molar-refractivity contribution in [2.75, 3.05) is 24.3 Å². The second kappa shape index (κ2) is 4.84. The maximum absolute atomic E-state index is 11.6. The largest absolute Gasteiger partial charge is 0.465 e. The molecule has 2 N–H and O–H groups in total. The monoisotopic (exact) mass is 273 g/mol. The lowest BCUT2D eigenvalue weighted by atomic mass is 10.1. The van der Waals surface area contributed by atoms with Crippen LogP contribution < -0.4 is 10.6 Å². The van der Waals surface area contributed by atoms with Gasteiger partial charge in [-0.15, -0.1) is 10.2 Å². The van der Waals surface area contributed by atoms with E-state index in [0.29, 0.717) is 17.8 Å². The van der Waals surface area contributed by atoms with Crippen LogP contribution in [-0.2, 0) is 17.8 Å². The maximum atomic E-state index is 11.6. The lowest BCUT2D eigenvalue weighted by Crippen LogP contribution is -2.34. The molecule has 104 valence electrons. The number of rotatable bonds is 2. The Bertz CT molecular complexity index is 652. The van der Waals surface area contributed by atoms with Crippen LogP contribution in [0.15, 0.2) is 24.5 Å². The molecule has 2 heterocycles. The standard InChI is InChI=1S/C13H15N5O2/c1-20-13(19)9-2-3-10(14)11(6-9)17-4-5-18-8-15-16-12(18)7-17/h2-3,6,8H,4-5,7,14H2,1H3. The van der Waals surface area contributed by atoms with E-state index in [1.807, 2.05) is 4.57 Å². The molecule has 7 heteroatoms. The summed E-state index contributed by atoms with van der Waals surface area (Å²) in [7, 11) is 1.36. The highest BCUT2D eigenvalue weighted by molar-refractivity contribution is 5.92. The van der Waals surface area contributed by atoms with E-state index in [4.69, 9.17) is 10.5 Å². The molecule has 20 heavy (non-hydrogen) atoms. The van der Waals surface area contributed by atoms with Gasteiger partial charge in [0.1, 0.15) is 6.33 Å². The molecule has 0 bridgehead atoms. The Kier molecular flexibility index (Phi) is 3.02. The molecule has 1 aliphatic heterocycles. The van der Waals surface area contributed by atoms with Gasteiger partial charge in [-0.05, 0) is 18.2 Å². The predicted octanol–water partition coefficient (Wildman–Crippen LogP) is 0.667. The molecule has 0 spiro atoms. The number of aromatic nitrogens is 3. The van der Waals surface area contributed by atoms with Gasteiger partial charge in [0.25, 0.3) is 0 Å². The number of fused-ring (bicyclic) bond motifs is 1. The van der Waals surface area contributed by atoms with Crippen LogP contribution in [-0.4, -0.2) is 34.4 Å². The molecule has 0 saturated heterocycles. The van der Waals surface area contributed by atoms with Crippen molar-refractivity contribution < 1.29 is 9.53 Å². The van der Waals surface area contributed by atoms with Crippen LogP contribution in [0, 0.1) is 0 Å². The first kappa shape index (κ1) is 12.5. The quantitative estimate of drug-likeness (QED) is 0.639. The van der Waals surface area contributed by atoms with Crippen LogP contribution in [0.5, 0.6) is 0 Å². The summed E-state index contributed by atoms with van der Waals surface area (Å²) in [4.78, 5) is 13.7. The molecule has 0 saturated carbocycles. The zero-order valence-corrected chi connectivity index (χ0v) is 11.1. The number of hydrogen-bond donors (Lipinski definition) is 1. The maximum Gasteiger partial charge on any atom is 0.337 e. The topological polar surface area (TPSA) is 86.3 Å². The van der Waals surface area contributed by atoms with E-state index >= 15 is 0 Å². The number of hydrogen-bond acceptors (Lipinski definition) is 6. The van der Waals surface area contributed by atoms with Crippen molar-refractivity contribution in [3.8, 4) is 0 Å². The summed E-state index contributed by atoms with van der Waals surface area (Å²) in [5, 5.41) is 7.97. The van der Waals surface area contributed by atoms with Crippen molar-refractivity contribution in [3.05, 3.63) is 35.9 Å². The molecular formula is C13H15N5O2. The molecule has 1 aromatic heterocycles. The summed E-state index contributed by atoms with van der Waals surface area (Å²) < 4.78 is 6.75. The normalized spacial score (nSPS) is 13.9. The predicted molar refractivity (Wildman–Crippen MR) is 73.3 cm³/mol. The Hall–Kier alpha value is -2.57. The highest BCUT2D eigenvalue weighted by atomic mass is 16.5. The molecule has 1 aliphatic rings. The molecular weight excluding hydrogens is 258 g/mol. The van der Waals surface area contributed by atoms with Gasteiger partial charge in [-0.2, -0.15) is 0 Å². The number of carbonyl (C=O) groups excluding carboxylic acids is 1. The van der Waals surface area contributed by atoms with Gasteiger partial charge in [0, 0.05) is 13.1 Å². The average molecular weight is 273 g/mol. The van der Waals surface area contributed by atoms with Gasteiger partial charge >= 0.3 is 5.97 Å². The fourth-order valence-electron chi connectivity index (χ4n) is 2.33. The number of nitrogen functional groups attached to an aromatic ring is 1. The lowest BCUT2D eigenvalue weighted by Gasteiger charge is -2.30. The summed E-state index contributed by atoms with van der Waals surface area (Å²) in [6, 6.07) is 5.14. The number of benzene rings is 1. The van der Waals surface area contributed by atoms with Gasteiger partial charge in [-0.1, -0.05) is 0 Å². The number of anilines is 2. The van der Waals surface area contributed by atoms with E-state index in [9.17, 15) is 4.79 Å². The van der Waals surface area contributed by atoms with Gasteiger partial charge in [0.15, 0.2) is 5.82 Å². The van der Waals surface area contributed by atoms with Gasteiger partial charge in [-0.25, -0.2) is 4.79 Å². The first-order chi connectivity index (χ1) is 9.69. The first-order valence-corrected chi connectivity index (χ1v) is 6.28. The van der Waals surface area contributed by atoms with E-state index in [1.54, 1.807) is 24.5 Å². The third-order valence-electron chi connectivity index (χ3n) is 3.43. The molecule has 2 aromatic rings. The Morgan fingerprint density at radius 3 is 3.05 bits per heavy atom. The van der Waals surface area contributed by atoms with Crippen molar-refractivity contribution in [2.45, 2.75) is 13.1 Å². The van der Waals surface area contributed by atoms with Crippen molar-refractivity contribution in [1.29, 1.82) is 0 Å². The van der Waals surface area contributed by atoms with E-state index in [-0.39, 0.29) is 5.97 Å². The minimum absolute atomic E-state index is 0.369. The number of methoxy groups -OCH3 is 1. The Morgan fingerprint density at radius 2 is 2.25 bits per heavy atom. The van der Waals surface area contributed by atoms with Crippen molar-refractivity contribution in [1.82, 2.24) is 14.8 Å². The smallest absolute Gasteiger partial charge is 0.337 e. The van der Waals surface area contributed by atoms with Gasteiger partial charge < -0.3 is 19.9 Å². The summed E-state index contributed by atoms with van der Waals surface area (Å²) in [5.74, 6) is 0.519. The number of esters is 1. The summed E-state index contributed by atoms with van der Waals surface area (Å²) in [6.07, 6.45) is 1.72.